The number of nitrogens with one attached hydrogen (secondary N) is 3. The number of aromatic nitrogens is 2. The number of rotatable bonds is 3. The highest BCUT2D eigenvalue weighted by molar-refractivity contribution is 5.89. The minimum atomic E-state index is -0.0998. The Balaban J connectivity index is 1.46. The zero-order chi connectivity index (χ0) is 19.8. The Morgan fingerprint density at radius 2 is 1.72 bits per heavy atom. The number of carbonyl (C=O) groups is 1. The number of nitrogens with zero attached hydrogens (tertiary/aromatic N) is 1. The Hall–Kier alpha value is -3.38. The second-order valence-electron chi connectivity index (χ2n) is 7.58. The van der Waals surface area contributed by atoms with Crippen LogP contribution in [0.1, 0.15) is 12.0 Å². The molecule has 0 radical (unpaired) electrons. The van der Waals surface area contributed by atoms with E-state index in [0.717, 1.165) is 47.1 Å². The van der Waals surface area contributed by atoms with Gasteiger partial charge in [-0.3, -0.25) is 14.5 Å². The van der Waals surface area contributed by atoms with E-state index in [-0.39, 0.29) is 11.5 Å². The molecule has 0 spiro atoms. The van der Waals surface area contributed by atoms with E-state index in [2.05, 4.69) is 38.4 Å². The summed E-state index contributed by atoms with van der Waals surface area (Å²) in [5.41, 5.74) is 4.39. The van der Waals surface area contributed by atoms with Crippen LogP contribution in [0.2, 0.25) is 0 Å². The third kappa shape index (κ3) is 3.54. The van der Waals surface area contributed by atoms with Crippen molar-refractivity contribution >= 4 is 27.7 Å². The summed E-state index contributed by atoms with van der Waals surface area (Å²) in [6.45, 7) is 3.13. The van der Waals surface area contributed by atoms with Gasteiger partial charge in [0.15, 0.2) is 0 Å². The molecule has 0 unspecified atom stereocenters. The molecule has 4 aromatic rings. The zero-order valence-electron chi connectivity index (χ0n) is 16.0. The summed E-state index contributed by atoms with van der Waals surface area (Å²) >= 11 is 0. The van der Waals surface area contributed by atoms with E-state index in [0.29, 0.717) is 18.5 Å². The number of fused-ring (bicyclic) bond motifs is 2. The smallest absolute Gasteiger partial charge is 0.257 e. The van der Waals surface area contributed by atoms with Gasteiger partial charge in [0.2, 0.25) is 5.91 Å². The van der Waals surface area contributed by atoms with Crippen LogP contribution in [-0.4, -0.2) is 40.4 Å². The quantitative estimate of drug-likeness (QED) is 0.506. The molecule has 0 saturated carbocycles. The molecular formula is C23H22N4O2. The number of amides is 1. The summed E-state index contributed by atoms with van der Waals surface area (Å²) in [7, 11) is 0. The molecule has 1 saturated heterocycles. The maximum atomic E-state index is 12.6. The summed E-state index contributed by atoms with van der Waals surface area (Å²) < 4.78 is 0. The van der Waals surface area contributed by atoms with Gasteiger partial charge in [0.1, 0.15) is 0 Å². The Bertz CT molecular complexity index is 1270. The number of carbonyl (C=O) groups excluding carboxylic acids is 1. The van der Waals surface area contributed by atoms with Crippen LogP contribution in [-0.2, 0) is 11.3 Å². The monoisotopic (exact) mass is 386 g/mol. The number of hydrogen-bond acceptors (Lipinski definition) is 3. The van der Waals surface area contributed by atoms with E-state index in [9.17, 15) is 9.59 Å². The molecule has 0 bridgehead atoms. The van der Waals surface area contributed by atoms with Crippen molar-refractivity contribution in [3.63, 3.8) is 0 Å². The van der Waals surface area contributed by atoms with Gasteiger partial charge in [0, 0.05) is 49.0 Å². The maximum Gasteiger partial charge on any atom is 0.257 e. The molecule has 1 aliphatic rings. The molecule has 1 amide bonds. The molecule has 3 heterocycles. The Kier molecular flexibility index (Phi) is 4.41. The molecule has 6 heteroatoms. The van der Waals surface area contributed by atoms with E-state index >= 15 is 0 Å². The fraction of sp³-hybridized carbons (Fsp3) is 0.217. The van der Waals surface area contributed by atoms with E-state index in [4.69, 9.17) is 0 Å². The molecular weight excluding hydrogens is 364 g/mol. The zero-order valence-corrected chi connectivity index (χ0v) is 16.0. The van der Waals surface area contributed by atoms with Crippen LogP contribution < -0.4 is 10.9 Å². The van der Waals surface area contributed by atoms with Gasteiger partial charge in [-0.2, -0.15) is 0 Å². The number of para-hydroxylation sites is 1. The summed E-state index contributed by atoms with van der Waals surface area (Å²) in [6, 6.07) is 18.1. The predicted molar refractivity (Wildman–Crippen MR) is 115 cm³/mol. The van der Waals surface area contributed by atoms with Crippen molar-refractivity contribution in [1.29, 1.82) is 0 Å². The minimum absolute atomic E-state index is 0.0998. The maximum absolute atomic E-state index is 12.6. The van der Waals surface area contributed by atoms with Crippen LogP contribution in [0.5, 0.6) is 0 Å². The molecule has 29 heavy (non-hydrogen) atoms. The lowest BCUT2D eigenvalue weighted by Crippen LogP contribution is -2.28. The molecule has 3 N–H and O–H groups in total. The van der Waals surface area contributed by atoms with E-state index in [1.807, 2.05) is 36.4 Å². The first-order valence-corrected chi connectivity index (χ1v) is 9.89. The number of benzene rings is 2. The van der Waals surface area contributed by atoms with Gasteiger partial charge >= 0.3 is 0 Å². The Labute approximate surface area is 167 Å². The molecule has 6 nitrogen and oxygen atoms in total. The molecule has 5 rings (SSSR count). The third-order valence-electron chi connectivity index (χ3n) is 5.54. The first kappa shape index (κ1) is 17.7. The van der Waals surface area contributed by atoms with Crippen LogP contribution in [0, 0.1) is 0 Å². The molecule has 1 aliphatic heterocycles. The van der Waals surface area contributed by atoms with Crippen LogP contribution in [0.25, 0.3) is 33.1 Å². The van der Waals surface area contributed by atoms with Gasteiger partial charge in [-0.25, -0.2) is 0 Å². The number of pyridine rings is 1. The summed E-state index contributed by atoms with van der Waals surface area (Å²) in [5, 5.41) is 4.99. The number of H-pyrrole nitrogens is 2. The summed E-state index contributed by atoms with van der Waals surface area (Å²) in [4.78, 5) is 32.7. The van der Waals surface area contributed by atoms with Gasteiger partial charge in [-0.15, -0.1) is 0 Å². The van der Waals surface area contributed by atoms with E-state index in [1.165, 1.54) is 5.56 Å². The highest BCUT2D eigenvalue weighted by atomic mass is 16.1. The van der Waals surface area contributed by atoms with Gasteiger partial charge in [-0.1, -0.05) is 24.3 Å². The highest BCUT2D eigenvalue weighted by Crippen LogP contribution is 2.25. The second kappa shape index (κ2) is 7.22. The largest absolute Gasteiger partial charge is 0.355 e. The molecule has 0 aliphatic carbocycles. The fourth-order valence-electron chi connectivity index (χ4n) is 4.00. The van der Waals surface area contributed by atoms with Crippen LogP contribution >= 0.6 is 0 Å². The predicted octanol–water partition coefficient (Wildman–Crippen LogP) is 3.00. The molecule has 1 fully saturated rings. The van der Waals surface area contributed by atoms with Gasteiger partial charge in [0.05, 0.1) is 11.3 Å². The van der Waals surface area contributed by atoms with Crippen molar-refractivity contribution in [2.24, 2.45) is 0 Å². The lowest BCUT2D eigenvalue weighted by molar-refractivity contribution is -0.120. The van der Waals surface area contributed by atoms with Crippen molar-refractivity contribution in [1.82, 2.24) is 20.2 Å². The van der Waals surface area contributed by atoms with Crippen molar-refractivity contribution in [3.05, 3.63) is 70.5 Å². The molecule has 146 valence electrons. The van der Waals surface area contributed by atoms with Gasteiger partial charge < -0.3 is 15.3 Å². The van der Waals surface area contributed by atoms with E-state index < -0.39 is 0 Å². The summed E-state index contributed by atoms with van der Waals surface area (Å²) in [6.07, 6.45) is 0.543. The van der Waals surface area contributed by atoms with Crippen molar-refractivity contribution in [2.45, 2.75) is 13.0 Å². The van der Waals surface area contributed by atoms with Crippen LogP contribution in [0.4, 0.5) is 0 Å². The summed E-state index contributed by atoms with van der Waals surface area (Å²) in [5.74, 6) is 0.124. The molecule has 0 atom stereocenters. The normalized spacial score (nSPS) is 15.5. The van der Waals surface area contributed by atoms with Crippen LogP contribution in [0.15, 0.2) is 59.4 Å². The standard InChI is InChI=1S/C23H22N4O2/c28-22-7-9-27(10-8-24-22)14-15-5-6-20-17(11-15)13-21(25-20)18-12-16-3-1-2-4-19(16)26-23(18)29/h1-6,11-13,25H,7-10,14H2,(H,24,28)(H,26,29). The Morgan fingerprint density at radius 1 is 0.862 bits per heavy atom. The van der Waals surface area contributed by atoms with Crippen molar-refractivity contribution in [2.75, 3.05) is 19.6 Å². The Morgan fingerprint density at radius 3 is 2.66 bits per heavy atom. The first-order chi connectivity index (χ1) is 14.2. The van der Waals surface area contributed by atoms with Crippen molar-refractivity contribution in [3.8, 4) is 11.3 Å². The lowest BCUT2D eigenvalue weighted by Gasteiger charge is -2.18. The first-order valence-electron chi connectivity index (χ1n) is 9.89. The lowest BCUT2D eigenvalue weighted by atomic mass is 10.1. The number of aromatic amines is 2. The average Bonchev–Trinajstić information content (AvgIpc) is 3.03. The fourth-order valence-corrected chi connectivity index (χ4v) is 4.00. The number of hydrogen-bond donors (Lipinski definition) is 3. The minimum Gasteiger partial charge on any atom is -0.355 e. The van der Waals surface area contributed by atoms with E-state index in [1.54, 1.807) is 0 Å². The average molecular weight is 386 g/mol. The topological polar surface area (TPSA) is 81.0 Å². The van der Waals surface area contributed by atoms with Crippen molar-refractivity contribution < 1.29 is 4.79 Å². The molecule has 2 aromatic heterocycles. The SMILES string of the molecule is O=C1CCN(Cc2ccc3[nH]c(-c4cc5ccccc5[nH]c4=O)cc3c2)CCN1. The second-order valence-corrected chi connectivity index (χ2v) is 7.58. The van der Waals surface area contributed by atoms with Gasteiger partial charge in [0.25, 0.3) is 5.56 Å². The highest BCUT2D eigenvalue weighted by Gasteiger charge is 2.14. The van der Waals surface area contributed by atoms with Gasteiger partial charge in [-0.05, 0) is 41.3 Å². The molecule has 2 aromatic carbocycles. The third-order valence-corrected chi connectivity index (χ3v) is 5.54. The van der Waals surface area contributed by atoms with Crippen LogP contribution in [0.3, 0.4) is 0 Å².